The molecule has 0 bridgehead atoms. The van der Waals surface area contributed by atoms with E-state index in [1.807, 2.05) is 0 Å². The van der Waals surface area contributed by atoms with E-state index in [9.17, 15) is 4.79 Å². The first-order valence-electron chi connectivity index (χ1n) is 6.06. The van der Waals surface area contributed by atoms with Crippen LogP contribution in [-0.2, 0) is 4.74 Å². The average Bonchev–Trinajstić information content (AvgIpc) is 2.85. The van der Waals surface area contributed by atoms with E-state index in [0.29, 0.717) is 25.5 Å². The Labute approximate surface area is 136 Å². The van der Waals surface area contributed by atoms with Crippen LogP contribution in [0.5, 0.6) is 0 Å². The Hall–Kier alpha value is -1.29. The van der Waals surface area contributed by atoms with Gasteiger partial charge in [-0.3, -0.25) is 4.79 Å². The van der Waals surface area contributed by atoms with Gasteiger partial charge in [-0.2, -0.15) is 4.98 Å². The second kappa shape index (κ2) is 8.88. The van der Waals surface area contributed by atoms with Gasteiger partial charge in [-0.15, -0.1) is 17.5 Å². The van der Waals surface area contributed by atoms with E-state index in [1.165, 1.54) is 4.52 Å². The molecular formula is C11H16BrClN6O2. The first-order chi connectivity index (χ1) is 9.70. The fourth-order valence-corrected chi connectivity index (χ4v) is 1.79. The second-order valence-electron chi connectivity index (χ2n) is 3.95. The van der Waals surface area contributed by atoms with Gasteiger partial charge in [-0.1, -0.05) is 0 Å². The smallest absolute Gasteiger partial charge is 0.291 e. The number of carbonyl (C=O) groups excluding carboxylic acids is 1. The number of hydrogen-bond donors (Lipinski definition) is 2. The molecule has 0 aliphatic heterocycles. The molecule has 21 heavy (non-hydrogen) atoms. The highest BCUT2D eigenvalue weighted by Crippen LogP contribution is 2.07. The van der Waals surface area contributed by atoms with Gasteiger partial charge in [0.15, 0.2) is 0 Å². The number of halogens is 2. The van der Waals surface area contributed by atoms with Crippen LogP contribution in [0.4, 0.5) is 0 Å². The molecule has 0 fully saturated rings. The number of rotatable bonds is 7. The summed E-state index contributed by atoms with van der Waals surface area (Å²) in [5.74, 6) is 0.171. The number of fused-ring (bicyclic) bond motifs is 1. The van der Waals surface area contributed by atoms with Crippen molar-refractivity contribution in [3.05, 3.63) is 22.7 Å². The van der Waals surface area contributed by atoms with Crippen molar-refractivity contribution >= 4 is 40.0 Å². The largest absolute Gasteiger partial charge is 0.383 e. The van der Waals surface area contributed by atoms with Gasteiger partial charge in [0.1, 0.15) is 0 Å². The molecule has 0 aliphatic rings. The number of nitrogens with one attached hydrogen (secondary N) is 2. The van der Waals surface area contributed by atoms with E-state index < -0.39 is 0 Å². The standard InChI is InChI=1S/C11H15BrN6O2.ClH/c1-20-5-4-13-2-3-14-10(19)9-16-11-15-6-8(12)7-18(11)17-9;/h6-7,13H,2-5H2,1H3,(H,14,19);1H. The van der Waals surface area contributed by atoms with E-state index in [2.05, 4.69) is 41.6 Å². The van der Waals surface area contributed by atoms with E-state index in [0.717, 1.165) is 11.0 Å². The molecule has 0 saturated heterocycles. The molecule has 2 N–H and O–H groups in total. The van der Waals surface area contributed by atoms with Crippen molar-refractivity contribution in [2.75, 3.05) is 33.4 Å². The van der Waals surface area contributed by atoms with Gasteiger partial charge in [-0.05, 0) is 15.9 Å². The summed E-state index contributed by atoms with van der Waals surface area (Å²) in [5, 5.41) is 9.92. The van der Waals surface area contributed by atoms with E-state index in [1.54, 1.807) is 19.5 Å². The highest BCUT2D eigenvalue weighted by Gasteiger charge is 2.12. The molecular weight excluding hydrogens is 364 g/mol. The number of nitrogens with zero attached hydrogens (tertiary/aromatic N) is 4. The third kappa shape index (κ3) is 5.20. The Balaban J connectivity index is 0.00000220. The van der Waals surface area contributed by atoms with Crippen molar-refractivity contribution in [1.82, 2.24) is 30.2 Å². The number of ether oxygens (including phenoxy) is 1. The number of methoxy groups -OCH3 is 1. The van der Waals surface area contributed by atoms with Crippen molar-refractivity contribution in [1.29, 1.82) is 0 Å². The molecule has 2 aromatic rings. The fourth-order valence-electron chi connectivity index (χ4n) is 1.50. The highest BCUT2D eigenvalue weighted by molar-refractivity contribution is 9.10. The van der Waals surface area contributed by atoms with Crippen molar-refractivity contribution < 1.29 is 9.53 Å². The van der Waals surface area contributed by atoms with Crippen LogP contribution >= 0.6 is 28.3 Å². The molecule has 0 aromatic carbocycles. The van der Waals surface area contributed by atoms with E-state index in [-0.39, 0.29) is 24.1 Å². The Morgan fingerprint density at radius 1 is 1.43 bits per heavy atom. The average molecular weight is 380 g/mol. The Morgan fingerprint density at radius 2 is 2.24 bits per heavy atom. The number of carbonyl (C=O) groups is 1. The van der Waals surface area contributed by atoms with Crippen LogP contribution in [0.25, 0.3) is 5.78 Å². The lowest BCUT2D eigenvalue weighted by Gasteiger charge is -2.04. The molecule has 0 spiro atoms. The quantitative estimate of drug-likeness (QED) is 0.671. The molecule has 0 aliphatic carbocycles. The molecule has 116 valence electrons. The van der Waals surface area contributed by atoms with Crippen molar-refractivity contribution in [2.24, 2.45) is 0 Å². The van der Waals surface area contributed by atoms with Gasteiger partial charge >= 0.3 is 0 Å². The minimum absolute atomic E-state index is 0. The van der Waals surface area contributed by atoms with Crippen molar-refractivity contribution in [3.63, 3.8) is 0 Å². The van der Waals surface area contributed by atoms with Crippen LogP contribution in [-0.4, -0.2) is 58.8 Å². The van der Waals surface area contributed by atoms with Gasteiger partial charge in [0, 0.05) is 39.1 Å². The summed E-state index contributed by atoms with van der Waals surface area (Å²) in [6.07, 6.45) is 3.30. The van der Waals surface area contributed by atoms with E-state index >= 15 is 0 Å². The molecule has 2 rings (SSSR count). The molecule has 10 heteroatoms. The SMILES string of the molecule is COCCNCCNC(=O)c1nc2ncc(Br)cn2n1.Cl. The summed E-state index contributed by atoms with van der Waals surface area (Å²) in [6.45, 7) is 2.54. The monoisotopic (exact) mass is 378 g/mol. The molecule has 0 atom stereocenters. The third-order valence-corrected chi connectivity index (χ3v) is 2.85. The highest BCUT2D eigenvalue weighted by atomic mass is 79.9. The maximum absolute atomic E-state index is 11.8. The zero-order valence-corrected chi connectivity index (χ0v) is 13.8. The number of amides is 1. The summed E-state index contributed by atoms with van der Waals surface area (Å²) in [7, 11) is 1.64. The summed E-state index contributed by atoms with van der Waals surface area (Å²) in [5.41, 5.74) is 0. The van der Waals surface area contributed by atoms with Gasteiger partial charge in [0.25, 0.3) is 11.7 Å². The summed E-state index contributed by atoms with van der Waals surface area (Å²) < 4.78 is 7.12. The van der Waals surface area contributed by atoms with E-state index in [4.69, 9.17) is 4.74 Å². The molecule has 8 nitrogen and oxygen atoms in total. The zero-order valence-electron chi connectivity index (χ0n) is 11.4. The predicted molar refractivity (Wildman–Crippen MR) is 82.8 cm³/mol. The Bertz CT molecular complexity index is 593. The maximum atomic E-state index is 11.8. The van der Waals surface area contributed by atoms with Crippen molar-refractivity contribution in [3.8, 4) is 0 Å². The maximum Gasteiger partial charge on any atom is 0.291 e. The molecule has 0 unspecified atom stereocenters. The zero-order chi connectivity index (χ0) is 14.4. The second-order valence-corrected chi connectivity index (χ2v) is 4.87. The van der Waals surface area contributed by atoms with Crippen LogP contribution in [0, 0.1) is 0 Å². The van der Waals surface area contributed by atoms with Gasteiger partial charge in [0.2, 0.25) is 5.82 Å². The van der Waals surface area contributed by atoms with Crippen LogP contribution in [0.3, 0.4) is 0 Å². The molecule has 1 amide bonds. The lowest BCUT2D eigenvalue weighted by atomic mass is 10.5. The summed E-state index contributed by atoms with van der Waals surface area (Å²) in [6, 6.07) is 0. The number of hydrogen-bond acceptors (Lipinski definition) is 6. The van der Waals surface area contributed by atoms with Crippen LogP contribution < -0.4 is 10.6 Å². The molecule has 0 radical (unpaired) electrons. The topological polar surface area (TPSA) is 93.4 Å². The van der Waals surface area contributed by atoms with Gasteiger partial charge < -0.3 is 15.4 Å². The lowest BCUT2D eigenvalue weighted by Crippen LogP contribution is -2.33. The normalized spacial score (nSPS) is 10.4. The molecule has 0 saturated carbocycles. The first-order valence-corrected chi connectivity index (χ1v) is 6.86. The Kier molecular flexibility index (Phi) is 7.51. The minimum Gasteiger partial charge on any atom is -0.383 e. The van der Waals surface area contributed by atoms with Crippen LogP contribution in [0.1, 0.15) is 10.6 Å². The van der Waals surface area contributed by atoms with Gasteiger partial charge in [0.05, 0.1) is 11.1 Å². The third-order valence-electron chi connectivity index (χ3n) is 2.44. The molecule has 2 heterocycles. The van der Waals surface area contributed by atoms with Crippen LogP contribution in [0.2, 0.25) is 0 Å². The lowest BCUT2D eigenvalue weighted by molar-refractivity contribution is 0.0943. The first kappa shape index (κ1) is 17.8. The predicted octanol–water partition coefficient (Wildman–Crippen LogP) is 0.274. The van der Waals surface area contributed by atoms with Gasteiger partial charge in [-0.25, -0.2) is 9.50 Å². The fraction of sp³-hybridized carbons (Fsp3) is 0.455. The van der Waals surface area contributed by atoms with Crippen molar-refractivity contribution in [2.45, 2.75) is 0 Å². The molecule has 2 aromatic heterocycles. The number of aromatic nitrogens is 4. The Morgan fingerprint density at radius 3 is 3.00 bits per heavy atom. The summed E-state index contributed by atoms with van der Waals surface area (Å²) >= 11 is 3.28. The van der Waals surface area contributed by atoms with Crippen LogP contribution in [0.15, 0.2) is 16.9 Å². The minimum atomic E-state index is -0.319. The summed E-state index contributed by atoms with van der Waals surface area (Å²) in [4.78, 5) is 19.9.